The first-order chi connectivity index (χ1) is 9.97. The molecular formula is C14H10N2O4S. The zero-order valence-electron chi connectivity index (χ0n) is 11.0. The van der Waals surface area contributed by atoms with E-state index in [1.54, 1.807) is 0 Å². The number of aromatic carboxylic acids is 1. The highest BCUT2D eigenvalue weighted by molar-refractivity contribution is 7.09. The fourth-order valence-corrected chi connectivity index (χ4v) is 2.94. The largest absolute Gasteiger partial charge is 0.478 e. The van der Waals surface area contributed by atoms with E-state index in [1.165, 1.54) is 29.5 Å². The number of carbonyl (C=O) groups is 3. The average molecular weight is 302 g/mol. The second kappa shape index (κ2) is 4.78. The van der Waals surface area contributed by atoms with Crippen molar-refractivity contribution in [2.75, 3.05) is 0 Å². The molecule has 0 aliphatic carbocycles. The molecular weight excluding hydrogens is 292 g/mol. The number of hydrogen-bond donors (Lipinski definition) is 1. The third-order valence-corrected chi connectivity index (χ3v) is 4.13. The van der Waals surface area contributed by atoms with Crippen molar-refractivity contribution in [3.05, 3.63) is 51.0 Å². The number of carboxylic acid groups (broad SMARTS) is 1. The molecule has 106 valence electrons. The lowest BCUT2D eigenvalue weighted by Crippen LogP contribution is -2.29. The van der Waals surface area contributed by atoms with Gasteiger partial charge in [0.2, 0.25) is 0 Å². The van der Waals surface area contributed by atoms with Crippen molar-refractivity contribution in [1.29, 1.82) is 0 Å². The van der Waals surface area contributed by atoms with Gasteiger partial charge in [-0.25, -0.2) is 9.78 Å². The van der Waals surface area contributed by atoms with Crippen LogP contribution in [-0.4, -0.2) is 32.8 Å². The number of benzene rings is 1. The predicted molar refractivity (Wildman–Crippen MR) is 74.5 cm³/mol. The van der Waals surface area contributed by atoms with Crippen LogP contribution in [0.1, 0.15) is 41.8 Å². The van der Waals surface area contributed by atoms with Gasteiger partial charge in [0.05, 0.1) is 23.2 Å². The summed E-state index contributed by atoms with van der Waals surface area (Å²) in [7, 11) is 0. The molecule has 2 aromatic rings. The first-order valence-electron chi connectivity index (χ1n) is 6.12. The maximum atomic E-state index is 12.3. The number of hydrogen-bond acceptors (Lipinski definition) is 5. The monoisotopic (exact) mass is 302 g/mol. The maximum absolute atomic E-state index is 12.3. The summed E-state index contributed by atoms with van der Waals surface area (Å²) in [5.41, 5.74) is 1.19. The van der Waals surface area contributed by atoms with E-state index >= 15 is 0 Å². The van der Waals surface area contributed by atoms with Crippen molar-refractivity contribution in [3.8, 4) is 0 Å². The van der Waals surface area contributed by atoms with Gasteiger partial charge in [-0.05, 0) is 25.1 Å². The Bertz CT molecular complexity index is 781. The number of thiazole rings is 1. The van der Waals surface area contributed by atoms with Crippen LogP contribution in [0.5, 0.6) is 0 Å². The number of nitrogens with zero attached hydrogens (tertiary/aromatic N) is 2. The molecule has 1 aromatic heterocycles. The number of carbonyl (C=O) groups excluding carboxylic acids is 2. The van der Waals surface area contributed by atoms with Crippen LogP contribution in [0.4, 0.5) is 0 Å². The van der Waals surface area contributed by atoms with Gasteiger partial charge < -0.3 is 5.11 Å². The molecule has 0 saturated heterocycles. The van der Waals surface area contributed by atoms with Gasteiger partial charge in [-0.2, -0.15) is 0 Å². The molecule has 3 rings (SSSR count). The number of carboxylic acids is 1. The van der Waals surface area contributed by atoms with Crippen LogP contribution >= 0.6 is 11.3 Å². The fourth-order valence-electron chi connectivity index (χ4n) is 2.18. The molecule has 0 saturated carbocycles. The smallest absolute Gasteiger partial charge is 0.335 e. The van der Waals surface area contributed by atoms with E-state index in [0.717, 1.165) is 10.6 Å². The van der Waals surface area contributed by atoms with E-state index in [2.05, 4.69) is 4.98 Å². The number of aromatic nitrogens is 1. The highest BCUT2D eigenvalue weighted by Crippen LogP contribution is 2.26. The Labute approximate surface area is 123 Å². The van der Waals surface area contributed by atoms with Gasteiger partial charge in [-0.15, -0.1) is 11.3 Å². The van der Waals surface area contributed by atoms with Crippen LogP contribution in [0.25, 0.3) is 0 Å². The summed E-state index contributed by atoms with van der Waals surface area (Å²) in [5, 5.41) is 11.5. The van der Waals surface area contributed by atoms with Gasteiger partial charge in [-0.3, -0.25) is 14.5 Å². The van der Waals surface area contributed by atoms with Crippen molar-refractivity contribution in [2.45, 2.75) is 13.5 Å². The van der Waals surface area contributed by atoms with Gasteiger partial charge in [-0.1, -0.05) is 0 Å². The average Bonchev–Trinajstić information content (AvgIpc) is 2.96. The molecule has 6 nitrogen and oxygen atoms in total. The van der Waals surface area contributed by atoms with Gasteiger partial charge in [0.1, 0.15) is 5.01 Å². The Kier molecular flexibility index (Phi) is 3.06. The van der Waals surface area contributed by atoms with Crippen LogP contribution in [0.3, 0.4) is 0 Å². The molecule has 1 aliphatic rings. The second-order valence-electron chi connectivity index (χ2n) is 4.64. The highest BCUT2D eigenvalue weighted by atomic mass is 32.1. The SMILES string of the molecule is Cc1csc(CN2C(=O)c3ccc(C(=O)O)cc3C2=O)n1. The van der Waals surface area contributed by atoms with Crippen molar-refractivity contribution < 1.29 is 19.5 Å². The Morgan fingerprint density at radius 2 is 2.00 bits per heavy atom. The van der Waals surface area contributed by atoms with Gasteiger partial charge >= 0.3 is 5.97 Å². The Hall–Kier alpha value is -2.54. The van der Waals surface area contributed by atoms with Crippen molar-refractivity contribution in [3.63, 3.8) is 0 Å². The zero-order valence-corrected chi connectivity index (χ0v) is 11.8. The summed E-state index contributed by atoms with van der Waals surface area (Å²) >= 11 is 1.38. The van der Waals surface area contributed by atoms with Crippen LogP contribution in [0.15, 0.2) is 23.6 Å². The molecule has 0 spiro atoms. The molecule has 1 aliphatic heterocycles. The standard InChI is InChI=1S/C14H10N2O4S/c1-7-6-21-11(15-7)5-16-12(17)9-3-2-8(14(19)20)4-10(9)13(16)18/h2-4,6H,5H2,1H3,(H,19,20). The Balaban J connectivity index is 1.94. The van der Waals surface area contributed by atoms with E-state index in [4.69, 9.17) is 5.11 Å². The lowest BCUT2D eigenvalue weighted by molar-refractivity contribution is 0.0640. The third-order valence-electron chi connectivity index (χ3n) is 3.18. The molecule has 0 unspecified atom stereocenters. The van der Waals surface area contributed by atoms with E-state index < -0.39 is 17.8 Å². The molecule has 2 heterocycles. The molecule has 21 heavy (non-hydrogen) atoms. The molecule has 1 aromatic carbocycles. The van der Waals surface area contributed by atoms with E-state index in [-0.39, 0.29) is 23.2 Å². The normalized spacial score (nSPS) is 13.7. The predicted octanol–water partition coefficient (Wildman–Crippen LogP) is 1.95. The summed E-state index contributed by atoms with van der Waals surface area (Å²) in [6.07, 6.45) is 0. The summed E-state index contributed by atoms with van der Waals surface area (Å²) in [6.45, 7) is 1.94. The summed E-state index contributed by atoms with van der Waals surface area (Å²) < 4.78 is 0. The van der Waals surface area contributed by atoms with E-state index in [1.807, 2.05) is 12.3 Å². The summed E-state index contributed by atoms with van der Waals surface area (Å²) in [6, 6.07) is 3.94. The molecule has 1 N–H and O–H groups in total. The summed E-state index contributed by atoms with van der Waals surface area (Å²) in [4.78, 5) is 40.8. The summed E-state index contributed by atoms with van der Waals surface area (Å²) in [5.74, 6) is -2.03. The fraction of sp³-hybridized carbons (Fsp3) is 0.143. The molecule has 7 heteroatoms. The molecule has 0 atom stereocenters. The molecule has 0 radical (unpaired) electrons. The van der Waals surface area contributed by atoms with Crippen LogP contribution < -0.4 is 0 Å². The minimum atomic E-state index is -1.13. The van der Waals surface area contributed by atoms with Gasteiger partial charge in [0, 0.05) is 11.1 Å². The van der Waals surface area contributed by atoms with Gasteiger partial charge in [0.15, 0.2) is 0 Å². The van der Waals surface area contributed by atoms with Gasteiger partial charge in [0.25, 0.3) is 11.8 Å². The lowest BCUT2D eigenvalue weighted by Gasteiger charge is -2.11. The van der Waals surface area contributed by atoms with Crippen molar-refractivity contribution in [2.24, 2.45) is 0 Å². The molecule has 0 fully saturated rings. The van der Waals surface area contributed by atoms with E-state index in [9.17, 15) is 14.4 Å². The van der Waals surface area contributed by atoms with Crippen molar-refractivity contribution in [1.82, 2.24) is 9.88 Å². The Morgan fingerprint density at radius 1 is 1.29 bits per heavy atom. The van der Waals surface area contributed by atoms with Crippen LogP contribution in [0, 0.1) is 6.92 Å². The number of aryl methyl sites for hydroxylation is 1. The highest BCUT2D eigenvalue weighted by Gasteiger charge is 2.36. The van der Waals surface area contributed by atoms with Crippen LogP contribution in [-0.2, 0) is 6.54 Å². The number of imide groups is 1. The zero-order chi connectivity index (χ0) is 15.1. The quantitative estimate of drug-likeness (QED) is 0.875. The maximum Gasteiger partial charge on any atom is 0.335 e. The molecule has 0 bridgehead atoms. The minimum absolute atomic E-state index is 0.0122. The first-order valence-corrected chi connectivity index (χ1v) is 7.00. The number of amides is 2. The Morgan fingerprint density at radius 3 is 2.62 bits per heavy atom. The first kappa shape index (κ1) is 13.4. The minimum Gasteiger partial charge on any atom is -0.478 e. The second-order valence-corrected chi connectivity index (χ2v) is 5.59. The van der Waals surface area contributed by atoms with Crippen molar-refractivity contribution >= 4 is 29.1 Å². The molecule has 2 amide bonds. The topological polar surface area (TPSA) is 87.6 Å². The number of rotatable bonds is 3. The lowest BCUT2D eigenvalue weighted by atomic mass is 10.1. The van der Waals surface area contributed by atoms with E-state index in [0.29, 0.717) is 5.01 Å². The third kappa shape index (κ3) is 2.21. The van der Waals surface area contributed by atoms with Crippen LogP contribution in [0.2, 0.25) is 0 Å². The number of fused-ring (bicyclic) bond motifs is 1.